The number of quaternary nitrogens is 1. The maximum atomic E-state index is 12.7. The van der Waals surface area contributed by atoms with Crippen LogP contribution in [-0.4, -0.2) is 38.7 Å². The molecule has 2 aliphatic heterocycles. The van der Waals surface area contributed by atoms with Crippen molar-refractivity contribution >= 4 is 12.0 Å². The molecule has 1 aromatic rings. The van der Waals surface area contributed by atoms with Crippen molar-refractivity contribution in [1.29, 1.82) is 0 Å². The lowest BCUT2D eigenvalue weighted by Crippen LogP contribution is -3.12. The van der Waals surface area contributed by atoms with Gasteiger partial charge in [-0.05, 0) is 50.7 Å². The minimum Gasteiger partial charge on any atom is -0.466 e. The average Bonchev–Trinajstić information content (AvgIpc) is 2.89. The fourth-order valence-corrected chi connectivity index (χ4v) is 4.15. The van der Waals surface area contributed by atoms with Crippen molar-refractivity contribution in [3.8, 4) is 0 Å². The van der Waals surface area contributed by atoms with E-state index in [1.54, 1.807) is 0 Å². The van der Waals surface area contributed by atoms with Gasteiger partial charge in [-0.25, -0.2) is 9.59 Å². The van der Waals surface area contributed by atoms with Gasteiger partial charge in [-0.1, -0.05) is 23.8 Å². The highest BCUT2D eigenvalue weighted by molar-refractivity contribution is 5.95. The van der Waals surface area contributed by atoms with Gasteiger partial charge in [0.25, 0.3) is 0 Å². The second-order valence-electron chi connectivity index (χ2n) is 7.62. The Balaban J connectivity index is 2.00. The number of rotatable bonds is 4. The summed E-state index contributed by atoms with van der Waals surface area (Å²) in [5, 5.41) is 5.81. The highest BCUT2D eigenvalue weighted by Gasteiger charge is 2.35. The van der Waals surface area contributed by atoms with Crippen molar-refractivity contribution in [3.05, 3.63) is 46.2 Å². The average molecular weight is 372 g/mol. The van der Waals surface area contributed by atoms with Crippen LogP contribution in [-0.2, 0) is 9.53 Å². The van der Waals surface area contributed by atoms with E-state index in [0.717, 1.165) is 29.8 Å². The van der Waals surface area contributed by atoms with Crippen LogP contribution in [0.15, 0.2) is 29.5 Å². The van der Waals surface area contributed by atoms with E-state index >= 15 is 0 Å². The second kappa shape index (κ2) is 8.57. The number of carbonyl (C=O) groups excluding carboxylic acids is 2. The van der Waals surface area contributed by atoms with Crippen LogP contribution < -0.4 is 15.5 Å². The highest BCUT2D eigenvalue weighted by Crippen LogP contribution is 2.29. The summed E-state index contributed by atoms with van der Waals surface area (Å²) in [6.45, 7) is 6.80. The number of aryl methyl sites for hydroxylation is 2. The maximum absolute atomic E-state index is 12.7. The summed E-state index contributed by atoms with van der Waals surface area (Å²) in [6.07, 6.45) is 4.88. The first-order chi connectivity index (χ1) is 13.0. The highest BCUT2D eigenvalue weighted by atomic mass is 16.5. The van der Waals surface area contributed by atoms with E-state index in [4.69, 9.17) is 4.74 Å². The molecule has 1 fully saturated rings. The fraction of sp³-hybridized carbons (Fsp3) is 0.524. The largest absolute Gasteiger partial charge is 0.466 e. The molecular formula is C21H30N3O3+. The Morgan fingerprint density at radius 3 is 2.52 bits per heavy atom. The number of hydrogen-bond donors (Lipinski definition) is 3. The van der Waals surface area contributed by atoms with Crippen molar-refractivity contribution in [2.45, 2.75) is 45.6 Å². The lowest BCUT2D eigenvalue weighted by molar-refractivity contribution is -0.894. The Hall–Kier alpha value is -2.34. The molecule has 2 aliphatic rings. The zero-order valence-corrected chi connectivity index (χ0v) is 16.5. The Labute approximate surface area is 161 Å². The number of esters is 1. The summed E-state index contributed by atoms with van der Waals surface area (Å²) >= 11 is 0. The summed E-state index contributed by atoms with van der Waals surface area (Å²) in [5.41, 5.74) is 4.33. The van der Waals surface area contributed by atoms with Crippen molar-refractivity contribution in [2.75, 3.05) is 26.7 Å². The van der Waals surface area contributed by atoms with Gasteiger partial charge in [0.1, 0.15) is 6.54 Å². The number of likely N-dealkylation sites (tertiary alicyclic amines) is 1. The summed E-state index contributed by atoms with van der Waals surface area (Å²) < 4.78 is 5.09. The molecule has 2 heterocycles. The quantitative estimate of drug-likeness (QED) is 0.702. The zero-order valence-electron chi connectivity index (χ0n) is 16.5. The number of hydrogen-bond acceptors (Lipinski definition) is 3. The van der Waals surface area contributed by atoms with Gasteiger partial charge in [0, 0.05) is 0 Å². The minimum absolute atomic E-state index is 0.267. The van der Waals surface area contributed by atoms with Gasteiger partial charge in [0.05, 0.1) is 37.5 Å². The fourth-order valence-electron chi connectivity index (χ4n) is 4.15. The molecule has 1 atom stereocenters. The SMILES string of the molecule is COC(=O)C1=C(C[NH+]2CCCCCC2)NC(=O)N[C@@H]1c1ccc(C)cc1C. The molecule has 0 unspecified atom stereocenters. The van der Waals surface area contributed by atoms with E-state index in [-0.39, 0.29) is 6.03 Å². The Morgan fingerprint density at radius 1 is 1.19 bits per heavy atom. The molecule has 6 nitrogen and oxygen atoms in total. The standard InChI is InChI=1S/C21H29N3O3/c1-14-8-9-16(15(2)12-14)19-18(20(25)27-3)17(22-21(26)23-19)13-24-10-6-4-5-7-11-24/h8-9,12,19H,4-7,10-11,13H2,1-3H3,(H2,22,23,26)/p+1/t19-/m1/s1. The van der Waals surface area contributed by atoms with E-state index in [9.17, 15) is 9.59 Å². The van der Waals surface area contributed by atoms with E-state index in [0.29, 0.717) is 17.8 Å². The first kappa shape index (κ1) is 19.4. The molecule has 0 aromatic heterocycles. The molecular weight excluding hydrogens is 342 g/mol. The van der Waals surface area contributed by atoms with Crippen molar-refractivity contribution < 1.29 is 19.2 Å². The van der Waals surface area contributed by atoms with Gasteiger partial charge in [-0.2, -0.15) is 0 Å². The molecule has 0 saturated carbocycles. The Bertz CT molecular complexity index is 749. The van der Waals surface area contributed by atoms with Gasteiger partial charge in [-0.15, -0.1) is 0 Å². The molecule has 3 N–H and O–H groups in total. The van der Waals surface area contributed by atoms with Crippen LogP contribution in [0.2, 0.25) is 0 Å². The van der Waals surface area contributed by atoms with Crippen LogP contribution in [0, 0.1) is 13.8 Å². The Morgan fingerprint density at radius 2 is 1.89 bits per heavy atom. The molecule has 0 bridgehead atoms. The molecule has 146 valence electrons. The monoisotopic (exact) mass is 372 g/mol. The number of nitrogens with one attached hydrogen (secondary N) is 3. The molecule has 27 heavy (non-hydrogen) atoms. The smallest absolute Gasteiger partial charge is 0.338 e. The molecule has 0 aliphatic carbocycles. The maximum Gasteiger partial charge on any atom is 0.338 e. The van der Waals surface area contributed by atoms with E-state index in [2.05, 4.69) is 16.7 Å². The van der Waals surface area contributed by atoms with E-state index < -0.39 is 12.0 Å². The number of benzene rings is 1. The molecule has 0 spiro atoms. The minimum atomic E-state index is -0.492. The van der Waals surface area contributed by atoms with Crippen LogP contribution in [0.3, 0.4) is 0 Å². The number of ether oxygens (including phenoxy) is 1. The lowest BCUT2D eigenvalue weighted by atomic mass is 9.91. The van der Waals surface area contributed by atoms with Crippen LogP contribution in [0.25, 0.3) is 0 Å². The van der Waals surface area contributed by atoms with Crippen molar-refractivity contribution in [2.24, 2.45) is 0 Å². The summed E-state index contributed by atoms with van der Waals surface area (Å²) in [5.74, 6) is -0.392. The van der Waals surface area contributed by atoms with E-state index in [1.165, 1.54) is 37.7 Å². The molecule has 0 radical (unpaired) electrons. The van der Waals surface area contributed by atoms with Crippen LogP contribution in [0.4, 0.5) is 4.79 Å². The summed E-state index contributed by atoms with van der Waals surface area (Å²) in [7, 11) is 1.39. The normalized spacial score (nSPS) is 21.3. The van der Waals surface area contributed by atoms with Gasteiger partial charge in [0.15, 0.2) is 0 Å². The van der Waals surface area contributed by atoms with E-state index in [1.807, 2.05) is 26.0 Å². The summed E-state index contributed by atoms with van der Waals surface area (Å²) in [4.78, 5) is 26.5. The van der Waals surface area contributed by atoms with Crippen LogP contribution >= 0.6 is 0 Å². The molecule has 1 aromatic carbocycles. The predicted molar refractivity (Wildman–Crippen MR) is 103 cm³/mol. The summed E-state index contributed by atoms with van der Waals surface area (Å²) in [6, 6.07) is 5.30. The van der Waals surface area contributed by atoms with Gasteiger partial charge < -0.3 is 20.3 Å². The van der Waals surface area contributed by atoms with Gasteiger partial charge in [-0.3, -0.25) is 0 Å². The number of urea groups is 1. The molecule has 1 saturated heterocycles. The predicted octanol–water partition coefficient (Wildman–Crippen LogP) is 1.54. The van der Waals surface area contributed by atoms with Gasteiger partial charge in [0.2, 0.25) is 0 Å². The van der Waals surface area contributed by atoms with Crippen molar-refractivity contribution in [1.82, 2.24) is 10.6 Å². The lowest BCUT2D eigenvalue weighted by Gasteiger charge is -2.31. The number of amides is 2. The topological polar surface area (TPSA) is 71.9 Å². The van der Waals surface area contributed by atoms with Crippen LogP contribution in [0.5, 0.6) is 0 Å². The third-order valence-electron chi connectivity index (χ3n) is 5.53. The molecule has 6 heteroatoms. The number of methoxy groups -OCH3 is 1. The van der Waals surface area contributed by atoms with Gasteiger partial charge >= 0.3 is 12.0 Å². The second-order valence-corrected chi connectivity index (χ2v) is 7.62. The first-order valence-corrected chi connectivity index (χ1v) is 9.79. The third kappa shape index (κ3) is 4.50. The first-order valence-electron chi connectivity index (χ1n) is 9.79. The van der Waals surface area contributed by atoms with Crippen molar-refractivity contribution in [3.63, 3.8) is 0 Å². The number of carbonyl (C=O) groups is 2. The Kier molecular flexibility index (Phi) is 6.16. The molecule has 2 amide bonds. The zero-order chi connectivity index (χ0) is 19.4. The molecule has 3 rings (SSSR count). The third-order valence-corrected chi connectivity index (χ3v) is 5.53. The van der Waals surface area contributed by atoms with Crippen LogP contribution in [0.1, 0.15) is 48.4 Å².